The molecule has 0 fully saturated rings. The van der Waals surface area contributed by atoms with Crippen LogP contribution in [-0.4, -0.2) is 86.3 Å². The molecule has 0 bridgehead atoms. The van der Waals surface area contributed by atoms with Crippen molar-refractivity contribution >= 4 is 25.2 Å². The minimum Gasteiger partial charge on any atom is -0.437 e. The molecular weight excluding hydrogens is 400 g/mol. The molecule has 3 N–H and O–H groups in total. The summed E-state index contributed by atoms with van der Waals surface area (Å²) in [7, 11) is -5.89. The molecule has 27 heavy (non-hydrogen) atoms. The van der Waals surface area contributed by atoms with Crippen molar-refractivity contribution in [3.05, 3.63) is 0 Å². The van der Waals surface area contributed by atoms with Crippen LogP contribution in [0.1, 0.15) is 12.8 Å². The second kappa shape index (κ2) is 13.6. The Labute approximate surface area is 168 Å². The first-order valence-electron chi connectivity index (χ1n) is 9.89. The Bertz CT molecular complexity index is 382. The molecule has 0 aromatic rings. The van der Waals surface area contributed by atoms with E-state index >= 15 is 0 Å². The number of ether oxygens (including phenoxy) is 2. The van der Waals surface area contributed by atoms with Crippen molar-refractivity contribution in [1.29, 1.82) is 0 Å². The first-order valence-corrected chi connectivity index (χ1v) is 18.9. The molecular formula is C17H42O7Si3. The molecule has 0 saturated carbocycles. The molecule has 0 amide bonds. The molecule has 0 aromatic heterocycles. The molecule has 0 saturated heterocycles. The van der Waals surface area contributed by atoms with E-state index in [2.05, 4.69) is 39.3 Å². The van der Waals surface area contributed by atoms with Gasteiger partial charge >= 0.3 is 8.56 Å². The summed E-state index contributed by atoms with van der Waals surface area (Å²) in [6.45, 7) is 14.7. The molecule has 1 unspecified atom stereocenters. The zero-order valence-electron chi connectivity index (χ0n) is 18.1. The van der Waals surface area contributed by atoms with Gasteiger partial charge in [0.2, 0.25) is 0 Å². The highest BCUT2D eigenvalue weighted by molar-refractivity contribution is 6.87. The molecule has 164 valence electrons. The van der Waals surface area contributed by atoms with Gasteiger partial charge in [-0.05, 0) is 64.2 Å². The van der Waals surface area contributed by atoms with Crippen LogP contribution in [0.4, 0.5) is 0 Å². The van der Waals surface area contributed by atoms with Gasteiger partial charge in [0.1, 0.15) is 6.10 Å². The van der Waals surface area contributed by atoms with Crippen molar-refractivity contribution in [3.63, 3.8) is 0 Å². The number of hydrogen-bond acceptors (Lipinski definition) is 7. The zero-order valence-corrected chi connectivity index (χ0v) is 21.1. The molecule has 0 aromatic carbocycles. The standard InChI is InChI=1S/C17H42O7Si3/c1-25(2,13-7-10-21-12-9-18)23-27(5,6)24-26(3,4)14-8-11-22-16-17(20)15-19/h17-20H,7-16H2,1-6H3. The zero-order chi connectivity index (χ0) is 21.0. The fraction of sp³-hybridized carbons (Fsp3) is 1.00. The summed E-state index contributed by atoms with van der Waals surface area (Å²) in [6.07, 6.45) is 1.03. The van der Waals surface area contributed by atoms with E-state index in [1.54, 1.807) is 0 Å². The van der Waals surface area contributed by atoms with Crippen molar-refractivity contribution in [3.8, 4) is 0 Å². The van der Waals surface area contributed by atoms with Crippen molar-refractivity contribution in [1.82, 2.24) is 0 Å². The van der Waals surface area contributed by atoms with E-state index in [9.17, 15) is 5.11 Å². The Morgan fingerprint density at radius 2 is 1.22 bits per heavy atom. The maximum absolute atomic E-state index is 9.27. The Kier molecular flexibility index (Phi) is 13.8. The molecule has 7 nitrogen and oxygen atoms in total. The van der Waals surface area contributed by atoms with E-state index in [0.717, 1.165) is 24.9 Å². The summed E-state index contributed by atoms with van der Waals surface area (Å²) in [5.41, 5.74) is 0. The average Bonchev–Trinajstić information content (AvgIpc) is 2.51. The van der Waals surface area contributed by atoms with Crippen LogP contribution in [0.3, 0.4) is 0 Å². The molecule has 0 aliphatic carbocycles. The third-order valence-corrected chi connectivity index (χ3v) is 15.4. The van der Waals surface area contributed by atoms with E-state index in [4.69, 9.17) is 27.9 Å². The van der Waals surface area contributed by atoms with E-state index in [1.165, 1.54) is 0 Å². The maximum Gasteiger partial charge on any atom is 0.311 e. The van der Waals surface area contributed by atoms with Gasteiger partial charge in [0.05, 0.1) is 26.4 Å². The first kappa shape index (κ1) is 27.4. The molecule has 1 atom stereocenters. The molecule has 0 rings (SSSR count). The fourth-order valence-electron chi connectivity index (χ4n) is 3.09. The number of rotatable bonds is 17. The van der Waals surface area contributed by atoms with Crippen molar-refractivity contribution in [2.24, 2.45) is 0 Å². The Morgan fingerprint density at radius 3 is 1.67 bits per heavy atom. The third-order valence-electron chi connectivity index (χ3n) is 3.94. The van der Waals surface area contributed by atoms with Gasteiger partial charge in [0, 0.05) is 13.2 Å². The molecule has 0 aliphatic rings. The van der Waals surface area contributed by atoms with Crippen molar-refractivity contribution < 1.29 is 33.0 Å². The lowest BCUT2D eigenvalue weighted by atomic mass is 10.4. The summed E-state index contributed by atoms with van der Waals surface area (Å²) >= 11 is 0. The van der Waals surface area contributed by atoms with Gasteiger partial charge in [-0.25, -0.2) is 0 Å². The average molecular weight is 443 g/mol. The van der Waals surface area contributed by atoms with Gasteiger partial charge in [-0.2, -0.15) is 0 Å². The molecule has 10 heteroatoms. The topological polar surface area (TPSA) is 97.6 Å². The summed E-state index contributed by atoms with van der Waals surface area (Å²) in [5.74, 6) is 0. The molecule has 0 aliphatic heterocycles. The van der Waals surface area contributed by atoms with E-state index in [-0.39, 0.29) is 19.8 Å². The predicted molar refractivity (Wildman–Crippen MR) is 115 cm³/mol. The van der Waals surface area contributed by atoms with Crippen LogP contribution in [0.15, 0.2) is 0 Å². The molecule has 0 spiro atoms. The fourth-order valence-corrected chi connectivity index (χ4v) is 17.1. The number of aliphatic hydroxyl groups excluding tert-OH is 3. The molecule has 0 radical (unpaired) electrons. The van der Waals surface area contributed by atoms with E-state index in [0.29, 0.717) is 19.8 Å². The predicted octanol–water partition coefficient (Wildman–Crippen LogP) is 2.29. The Morgan fingerprint density at radius 1 is 0.741 bits per heavy atom. The van der Waals surface area contributed by atoms with E-state index < -0.39 is 31.3 Å². The minimum absolute atomic E-state index is 0.0673. The highest BCUT2D eigenvalue weighted by atomic mass is 28.5. The lowest BCUT2D eigenvalue weighted by Crippen LogP contribution is -2.52. The smallest absolute Gasteiger partial charge is 0.311 e. The quantitative estimate of drug-likeness (QED) is 0.235. The normalized spacial score (nSPS) is 14.6. The SMILES string of the molecule is C[Si](C)(CCCOCCO)O[Si](C)(C)O[Si](C)(C)CCCOCC(O)CO. The number of aliphatic hydroxyl groups is 3. The first-order chi connectivity index (χ1) is 12.4. The minimum atomic E-state index is -2.21. The summed E-state index contributed by atoms with van der Waals surface area (Å²) < 4.78 is 23.8. The van der Waals surface area contributed by atoms with Crippen LogP contribution >= 0.6 is 0 Å². The van der Waals surface area contributed by atoms with Crippen LogP contribution in [0.2, 0.25) is 51.4 Å². The largest absolute Gasteiger partial charge is 0.437 e. The Hall–Kier alpha value is 0.371. The van der Waals surface area contributed by atoms with Gasteiger partial charge in [0.25, 0.3) is 0 Å². The Balaban J connectivity index is 4.23. The van der Waals surface area contributed by atoms with Crippen LogP contribution in [0, 0.1) is 0 Å². The highest BCUT2D eigenvalue weighted by Gasteiger charge is 2.39. The van der Waals surface area contributed by atoms with E-state index in [1.807, 2.05) is 0 Å². The lowest BCUT2D eigenvalue weighted by molar-refractivity contribution is 0.00638. The summed E-state index contributed by atoms with van der Waals surface area (Å²) in [6, 6.07) is 1.99. The third kappa shape index (κ3) is 15.9. The van der Waals surface area contributed by atoms with Gasteiger partial charge in [0.15, 0.2) is 16.6 Å². The number of hydrogen-bond donors (Lipinski definition) is 3. The second-order valence-corrected chi connectivity index (χ2v) is 21.0. The van der Waals surface area contributed by atoms with Gasteiger partial charge in [-0.3, -0.25) is 0 Å². The van der Waals surface area contributed by atoms with Crippen LogP contribution in [-0.2, 0) is 17.7 Å². The van der Waals surface area contributed by atoms with Gasteiger partial charge in [-0.1, -0.05) is 0 Å². The monoisotopic (exact) mass is 442 g/mol. The summed E-state index contributed by atoms with van der Waals surface area (Å²) in [4.78, 5) is 0. The second-order valence-electron chi connectivity index (χ2n) is 8.58. The molecule has 0 heterocycles. The highest BCUT2D eigenvalue weighted by Crippen LogP contribution is 2.26. The van der Waals surface area contributed by atoms with Crippen LogP contribution in [0.25, 0.3) is 0 Å². The van der Waals surface area contributed by atoms with Crippen LogP contribution < -0.4 is 0 Å². The lowest BCUT2D eigenvalue weighted by Gasteiger charge is -2.38. The van der Waals surface area contributed by atoms with Crippen molar-refractivity contribution in [2.75, 3.05) is 39.6 Å². The van der Waals surface area contributed by atoms with Crippen molar-refractivity contribution in [2.45, 2.75) is 70.3 Å². The maximum atomic E-state index is 9.27. The van der Waals surface area contributed by atoms with Gasteiger partial charge < -0.3 is 33.0 Å². The van der Waals surface area contributed by atoms with Crippen LogP contribution in [0.5, 0.6) is 0 Å². The van der Waals surface area contributed by atoms with Gasteiger partial charge in [-0.15, -0.1) is 0 Å². The summed E-state index contributed by atoms with van der Waals surface area (Å²) in [5, 5.41) is 26.8.